The fraction of sp³-hybridized carbons (Fsp3) is 0.261. The van der Waals surface area contributed by atoms with Gasteiger partial charge in [0.2, 0.25) is 5.91 Å². The highest BCUT2D eigenvalue weighted by Gasteiger charge is 2.24. The Balaban J connectivity index is 2.29. The van der Waals surface area contributed by atoms with E-state index in [-0.39, 0.29) is 11.6 Å². The molecule has 7 heteroatoms. The number of benzene rings is 2. The van der Waals surface area contributed by atoms with E-state index in [0.717, 1.165) is 21.8 Å². The molecule has 0 aliphatic rings. The Morgan fingerprint density at radius 2 is 1.93 bits per heavy atom. The van der Waals surface area contributed by atoms with Gasteiger partial charge in [-0.1, -0.05) is 17.7 Å². The number of aryl methyl sites for hydroxylation is 1. The van der Waals surface area contributed by atoms with Crippen molar-refractivity contribution in [3.63, 3.8) is 0 Å². The molecule has 7 nitrogen and oxygen atoms in total. The van der Waals surface area contributed by atoms with Crippen LogP contribution >= 0.6 is 0 Å². The van der Waals surface area contributed by atoms with Gasteiger partial charge in [-0.2, -0.15) is 5.26 Å². The van der Waals surface area contributed by atoms with Gasteiger partial charge >= 0.3 is 0 Å². The smallest absolute Gasteiger partial charge is 0.277 e. The second-order valence-corrected chi connectivity index (χ2v) is 6.78. The first-order valence-electron chi connectivity index (χ1n) is 9.58. The van der Waals surface area contributed by atoms with Crippen molar-refractivity contribution >= 4 is 23.2 Å². The molecule has 1 unspecified atom stereocenters. The SMILES string of the molecule is CCOc1ccc(C)cc1C(C)N/C=C(/C#N)C(=O)N(C(C)=O)c1ccc(N)cc1. The molecule has 1 atom stereocenters. The Kier molecular flexibility index (Phi) is 7.59. The van der Waals surface area contributed by atoms with Crippen molar-refractivity contribution in [1.82, 2.24) is 5.32 Å². The van der Waals surface area contributed by atoms with E-state index in [1.54, 1.807) is 24.3 Å². The van der Waals surface area contributed by atoms with E-state index in [1.165, 1.54) is 13.1 Å². The minimum atomic E-state index is -0.719. The number of anilines is 2. The number of imide groups is 1. The van der Waals surface area contributed by atoms with Gasteiger partial charge < -0.3 is 15.8 Å². The minimum absolute atomic E-state index is 0.195. The predicted octanol–water partition coefficient (Wildman–Crippen LogP) is 3.61. The number of nitrogens with two attached hydrogens (primary N) is 1. The first kappa shape index (κ1) is 22.5. The number of ether oxygens (including phenoxy) is 1. The summed E-state index contributed by atoms with van der Waals surface area (Å²) in [5.41, 5.74) is 8.29. The topological polar surface area (TPSA) is 108 Å². The van der Waals surface area contributed by atoms with E-state index in [9.17, 15) is 14.9 Å². The van der Waals surface area contributed by atoms with Crippen molar-refractivity contribution in [2.24, 2.45) is 0 Å². The number of hydrogen-bond acceptors (Lipinski definition) is 6. The monoisotopic (exact) mass is 406 g/mol. The highest BCUT2D eigenvalue weighted by atomic mass is 16.5. The van der Waals surface area contributed by atoms with Crippen LogP contribution in [0.2, 0.25) is 0 Å². The zero-order valence-electron chi connectivity index (χ0n) is 17.6. The molecule has 0 bridgehead atoms. The number of nitrogens with zero attached hydrogens (tertiary/aromatic N) is 2. The summed E-state index contributed by atoms with van der Waals surface area (Å²) in [6, 6.07) is 13.8. The maximum absolute atomic E-state index is 12.9. The third kappa shape index (κ3) is 5.39. The number of rotatable bonds is 7. The van der Waals surface area contributed by atoms with Crippen LogP contribution in [0.3, 0.4) is 0 Å². The van der Waals surface area contributed by atoms with Gasteiger partial charge in [-0.05, 0) is 51.1 Å². The molecular formula is C23H26N4O3. The number of nitrogens with one attached hydrogen (secondary N) is 1. The van der Waals surface area contributed by atoms with Crippen LogP contribution in [0, 0.1) is 18.3 Å². The molecule has 0 radical (unpaired) electrons. The largest absolute Gasteiger partial charge is 0.494 e. The summed E-state index contributed by atoms with van der Waals surface area (Å²) >= 11 is 0. The molecule has 0 fully saturated rings. The third-order valence-corrected chi connectivity index (χ3v) is 4.43. The van der Waals surface area contributed by atoms with Crippen LogP contribution in [0.15, 0.2) is 54.2 Å². The van der Waals surface area contributed by atoms with Crippen LogP contribution in [-0.4, -0.2) is 18.4 Å². The lowest BCUT2D eigenvalue weighted by Gasteiger charge is -2.20. The van der Waals surface area contributed by atoms with Crippen LogP contribution in [-0.2, 0) is 9.59 Å². The summed E-state index contributed by atoms with van der Waals surface area (Å²) < 4.78 is 5.68. The maximum atomic E-state index is 12.9. The minimum Gasteiger partial charge on any atom is -0.494 e. The molecule has 0 aromatic heterocycles. The van der Waals surface area contributed by atoms with Crippen LogP contribution in [0.5, 0.6) is 5.75 Å². The lowest BCUT2D eigenvalue weighted by atomic mass is 10.0. The molecule has 2 aromatic carbocycles. The van der Waals surface area contributed by atoms with Gasteiger partial charge in [0.15, 0.2) is 0 Å². The number of nitriles is 1. The molecule has 0 heterocycles. The number of carbonyl (C=O) groups is 2. The second-order valence-electron chi connectivity index (χ2n) is 6.78. The zero-order valence-corrected chi connectivity index (χ0v) is 17.6. The summed E-state index contributed by atoms with van der Waals surface area (Å²) in [4.78, 5) is 25.9. The van der Waals surface area contributed by atoms with Crippen molar-refractivity contribution in [2.75, 3.05) is 17.2 Å². The van der Waals surface area contributed by atoms with Crippen molar-refractivity contribution in [3.05, 3.63) is 65.4 Å². The molecule has 2 aromatic rings. The molecule has 3 N–H and O–H groups in total. The Bertz CT molecular complexity index is 990. The molecule has 0 saturated heterocycles. The highest BCUT2D eigenvalue weighted by Crippen LogP contribution is 2.27. The van der Waals surface area contributed by atoms with E-state index in [4.69, 9.17) is 10.5 Å². The number of amides is 2. The van der Waals surface area contributed by atoms with Crippen LogP contribution in [0.1, 0.15) is 37.9 Å². The summed E-state index contributed by atoms with van der Waals surface area (Å²) in [7, 11) is 0. The predicted molar refractivity (Wildman–Crippen MR) is 117 cm³/mol. The van der Waals surface area contributed by atoms with Gasteiger partial charge in [-0.3, -0.25) is 9.59 Å². The van der Waals surface area contributed by atoms with Gasteiger partial charge in [-0.25, -0.2) is 4.90 Å². The zero-order chi connectivity index (χ0) is 22.3. The van der Waals surface area contributed by atoms with Gasteiger partial charge in [0.1, 0.15) is 17.4 Å². The van der Waals surface area contributed by atoms with Crippen molar-refractivity contribution < 1.29 is 14.3 Å². The third-order valence-electron chi connectivity index (χ3n) is 4.43. The fourth-order valence-corrected chi connectivity index (χ4v) is 2.92. The number of nitrogen functional groups attached to an aromatic ring is 1. The van der Waals surface area contributed by atoms with Gasteiger partial charge in [-0.15, -0.1) is 0 Å². The molecular weight excluding hydrogens is 380 g/mol. The summed E-state index contributed by atoms with van der Waals surface area (Å²) in [6.07, 6.45) is 1.33. The standard InChI is InChI=1S/C23H26N4O3/c1-5-30-22-11-6-15(2)12-21(22)16(3)26-14-18(13-24)23(29)27(17(4)28)20-9-7-19(25)8-10-20/h6-12,14,16,26H,5,25H2,1-4H3/b18-14-. The molecule has 2 amide bonds. The molecule has 0 saturated carbocycles. The molecule has 0 aliphatic heterocycles. The van der Waals surface area contributed by atoms with E-state index in [0.29, 0.717) is 18.0 Å². The van der Waals surface area contributed by atoms with Crippen molar-refractivity contribution in [3.8, 4) is 11.8 Å². The van der Waals surface area contributed by atoms with Crippen molar-refractivity contribution in [1.29, 1.82) is 5.26 Å². The van der Waals surface area contributed by atoms with Crippen LogP contribution in [0.25, 0.3) is 0 Å². The number of carbonyl (C=O) groups excluding carboxylic acids is 2. The molecule has 2 rings (SSSR count). The Morgan fingerprint density at radius 1 is 1.27 bits per heavy atom. The summed E-state index contributed by atoms with van der Waals surface area (Å²) in [6.45, 7) is 7.57. The molecule has 0 spiro atoms. The Morgan fingerprint density at radius 3 is 2.50 bits per heavy atom. The lowest BCUT2D eigenvalue weighted by molar-refractivity contribution is -0.123. The quantitative estimate of drug-likeness (QED) is 0.413. The molecule has 156 valence electrons. The first-order valence-corrected chi connectivity index (χ1v) is 9.58. The Hall–Kier alpha value is -3.79. The fourth-order valence-electron chi connectivity index (χ4n) is 2.92. The Labute approximate surface area is 176 Å². The average Bonchev–Trinajstić information content (AvgIpc) is 2.71. The maximum Gasteiger partial charge on any atom is 0.277 e. The van der Waals surface area contributed by atoms with Crippen LogP contribution < -0.4 is 20.7 Å². The van der Waals surface area contributed by atoms with E-state index >= 15 is 0 Å². The van der Waals surface area contributed by atoms with Crippen molar-refractivity contribution in [2.45, 2.75) is 33.7 Å². The van der Waals surface area contributed by atoms with Crippen LogP contribution in [0.4, 0.5) is 11.4 Å². The van der Waals surface area contributed by atoms with Gasteiger partial charge in [0.25, 0.3) is 5.91 Å². The highest BCUT2D eigenvalue weighted by molar-refractivity contribution is 6.21. The van der Waals surface area contributed by atoms with E-state index in [1.807, 2.05) is 45.0 Å². The lowest BCUT2D eigenvalue weighted by Crippen LogP contribution is -2.36. The first-order chi connectivity index (χ1) is 14.3. The molecule has 30 heavy (non-hydrogen) atoms. The van der Waals surface area contributed by atoms with E-state index in [2.05, 4.69) is 5.32 Å². The average molecular weight is 406 g/mol. The van der Waals surface area contributed by atoms with E-state index < -0.39 is 11.8 Å². The van der Waals surface area contributed by atoms with Gasteiger partial charge in [0.05, 0.1) is 18.3 Å². The van der Waals surface area contributed by atoms with Gasteiger partial charge in [0, 0.05) is 24.4 Å². The number of hydrogen-bond donors (Lipinski definition) is 2. The summed E-state index contributed by atoms with van der Waals surface area (Å²) in [5.74, 6) is -0.492. The normalized spacial score (nSPS) is 11.9. The molecule has 0 aliphatic carbocycles. The summed E-state index contributed by atoms with van der Waals surface area (Å²) in [5, 5.41) is 12.6. The second kappa shape index (κ2) is 10.1.